The Morgan fingerprint density at radius 3 is 1.75 bits per heavy atom. The van der Waals surface area contributed by atoms with E-state index in [1.54, 1.807) is 0 Å². The second-order valence-corrected chi connectivity index (χ2v) is 5.81. The monoisotopic (exact) mass is 242 g/mol. The first-order valence-electron chi connectivity index (χ1n) is 0.471. The molecule has 0 unspecified atom stereocenters. The fourth-order valence-corrected chi connectivity index (χ4v) is 0. The summed E-state index contributed by atoms with van der Waals surface area (Å²) in [6.45, 7) is 0. The molecule has 4 heteroatoms. The molecule has 0 aliphatic carbocycles. The predicted octanol–water partition coefficient (Wildman–Crippen LogP) is 0.263. The van der Waals surface area contributed by atoms with Gasteiger partial charge in [0.2, 0.25) is 0 Å². The first-order valence-corrected chi connectivity index (χ1v) is 9.49. The minimum absolute atomic E-state index is 0. The fraction of sp³-hybridized carbons (Fsp3) is 0. The molecule has 0 N–H and O–H groups in total. The van der Waals surface area contributed by atoms with Gasteiger partial charge in [0.1, 0.15) is 0 Å². The van der Waals surface area contributed by atoms with E-state index in [-0.39, 0.29) is 17.1 Å². The van der Waals surface area contributed by atoms with Crippen LogP contribution in [0.25, 0.3) is 0 Å². The summed E-state index contributed by atoms with van der Waals surface area (Å²) in [5.74, 6) is 0. The molecule has 0 radical (unpaired) electrons. The van der Waals surface area contributed by atoms with E-state index in [4.69, 9.17) is 0 Å². The van der Waals surface area contributed by atoms with Crippen molar-refractivity contribution in [2.45, 2.75) is 0 Å². The van der Waals surface area contributed by atoms with Gasteiger partial charge in [-0.2, -0.15) is 0 Å². The summed E-state index contributed by atoms with van der Waals surface area (Å²) in [7, 11) is 8.80. The van der Waals surface area contributed by atoms with Gasteiger partial charge in [0.05, 0.1) is 0 Å². The van der Waals surface area contributed by atoms with Crippen LogP contribution < -0.4 is 0 Å². The van der Waals surface area contributed by atoms with Gasteiger partial charge in [0, 0.05) is 0 Å². The number of rotatable bonds is 0. The molecule has 0 aliphatic rings. The molecular formula is CuInS2. The van der Waals surface area contributed by atoms with Crippen molar-refractivity contribution in [2.24, 2.45) is 0 Å². The first-order chi connectivity index (χ1) is 1.41. The third-order valence-corrected chi connectivity index (χ3v) is 0. The molecule has 0 bridgehead atoms. The molecule has 0 saturated carbocycles. The van der Waals surface area contributed by atoms with Crippen molar-refractivity contribution in [1.29, 1.82) is 0 Å². The molecule has 0 aliphatic heterocycles. The third-order valence-electron chi connectivity index (χ3n) is 0. The van der Waals surface area contributed by atoms with Crippen molar-refractivity contribution in [3.05, 3.63) is 0 Å². The van der Waals surface area contributed by atoms with Crippen LogP contribution in [0.2, 0.25) is 0 Å². The zero-order valence-corrected chi connectivity index (χ0v) is 7.57. The summed E-state index contributed by atoms with van der Waals surface area (Å²) in [5, 5.41) is 0. The van der Waals surface area contributed by atoms with E-state index in [2.05, 4.69) is 18.4 Å². The van der Waals surface area contributed by atoms with Crippen molar-refractivity contribution in [3.63, 3.8) is 0 Å². The minimum atomic E-state index is -0.723. The van der Waals surface area contributed by atoms with E-state index in [0.29, 0.717) is 0 Å². The van der Waals surface area contributed by atoms with Gasteiger partial charge in [0.15, 0.2) is 0 Å². The predicted molar refractivity (Wildman–Crippen MR) is 20.7 cm³/mol. The van der Waals surface area contributed by atoms with Gasteiger partial charge in [-0.25, -0.2) is 0 Å². The van der Waals surface area contributed by atoms with Crippen LogP contribution in [0, 0.1) is 0 Å². The molecule has 0 amide bonds. The molecule has 0 aromatic carbocycles. The van der Waals surface area contributed by atoms with Gasteiger partial charge >= 0.3 is 54.9 Å². The topological polar surface area (TPSA) is 0 Å². The molecule has 0 aromatic rings. The van der Waals surface area contributed by atoms with Crippen LogP contribution in [0.15, 0.2) is 0 Å². The fourth-order valence-electron chi connectivity index (χ4n) is 0. The maximum absolute atomic E-state index is 4.40. The summed E-state index contributed by atoms with van der Waals surface area (Å²) < 4.78 is 0. The summed E-state index contributed by atoms with van der Waals surface area (Å²) in [4.78, 5) is 0. The molecule has 0 saturated heterocycles. The summed E-state index contributed by atoms with van der Waals surface area (Å²) in [5.41, 5.74) is 0. The van der Waals surface area contributed by atoms with Gasteiger partial charge in [-0.1, -0.05) is 0 Å². The van der Waals surface area contributed by atoms with Gasteiger partial charge < -0.3 is 0 Å². The van der Waals surface area contributed by atoms with Crippen LogP contribution in [-0.2, 0) is 26.5 Å². The summed E-state index contributed by atoms with van der Waals surface area (Å²) in [6, 6.07) is 0. The van der Waals surface area contributed by atoms with E-state index in [0.717, 1.165) is 0 Å². The van der Waals surface area contributed by atoms with Crippen LogP contribution in [-0.4, -0.2) is 19.4 Å². The quantitative estimate of drug-likeness (QED) is 0.442. The van der Waals surface area contributed by atoms with Gasteiger partial charge in [-0.15, -0.1) is 0 Å². The van der Waals surface area contributed by atoms with Crippen LogP contribution >= 0.6 is 8.92 Å². The molecule has 26 valence electrons. The third kappa shape index (κ3) is 9.16. The maximum atomic E-state index is 4.40. The Kier molecular flexibility index (Phi) is 20.5. The van der Waals surface area contributed by atoms with Crippen molar-refractivity contribution in [2.75, 3.05) is 0 Å². The zero-order chi connectivity index (χ0) is 2.71. The molecule has 0 nitrogen and oxygen atoms in total. The van der Waals surface area contributed by atoms with E-state index in [9.17, 15) is 0 Å². The van der Waals surface area contributed by atoms with Crippen LogP contribution in [0.3, 0.4) is 0 Å². The summed E-state index contributed by atoms with van der Waals surface area (Å²) in [6.07, 6.45) is 0. The Bertz CT molecular complexity index is 13.5. The average Bonchev–Trinajstić information content (AvgIpc) is 0.918. The standard InChI is InChI=1S/Cu.In.2S/q+1;;;-1. The van der Waals surface area contributed by atoms with Gasteiger partial charge in [-0.3, -0.25) is 0 Å². The van der Waals surface area contributed by atoms with E-state index in [1.165, 1.54) is 0 Å². The number of hydrogen-bond acceptors (Lipinski definition) is 2. The number of hydrogen-bond donors (Lipinski definition) is 0. The Labute approximate surface area is 54.2 Å². The Balaban J connectivity index is 0. The van der Waals surface area contributed by atoms with Crippen LogP contribution in [0.4, 0.5) is 0 Å². The second kappa shape index (κ2) is 8.85. The average molecular weight is 242 g/mol. The van der Waals surface area contributed by atoms with E-state index < -0.39 is 19.4 Å². The summed E-state index contributed by atoms with van der Waals surface area (Å²) >= 11 is -0.723. The van der Waals surface area contributed by atoms with Crippen LogP contribution in [0.1, 0.15) is 0 Å². The molecule has 0 heterocycles. The molecular weight excluding hydrogens is 242 g/mol. The molecule has 0 fully saturated rings. The van der Waals surface area contributed by atoms with Crippen molar-refractivity contribution in [1.82, 2.24) is 0 Å². The van der Waals surface area contributed by atoms with Gasteiger partial charge in [0.25, 0.3) is 0 Å². The van der Waals surface area contributed by atoms with E-state index in [1.807, 2.05) is 0 Å². The second-order valence-electron chi connectivity index (χ2n) is 0.0962. The zero-order valence-electron chi connectivity index (χ0n) is 1.70. The van der Waals surface area contributed by atoms with Crippen molar-refractivity contribution < 1.29 is 17.1 Å². The normalized spacial score (nSPS) is 2.00. The van der Waals surface area contributed by atoms with Gasteiger partial charge in [-0.05, 0) is 0 Å². The molecule has 0 atom stereocenters. The molecule has 0 aromatic heterocycles. The SMILES string of the molecule is [Cu+].[S]=[In][S-]. The Hall–Kier alpha value is 1.83. The molecule has 0 rings (SSSR count). The Morgan fingerprint density at radius 2 is 1.75 bits per heavy atom. The van der Waals surface area contributed by atoms with Crippen LogP contribution in [0.5, 0.6) is 0 Å². The van der Waals surface area contributed by atoms with Crippen molar-refractivity contribution in [3.8, 4) is 0 Å². The Morgan fingerprint density at radius 1 is 1.75 bits per heavy atom. The molecule has 4 heavy (non-hydrogen) atoms. The molecule has 0 spiro atoms. The first kappa shape index (κ1) is 9.27. The van der Waals surface area contributed by atoms with Crippen molar-refractivity contribution >= 4 is 37.8 Å². The van der Waals surface area contributed by atoms with E-state index >= 15 is 0 Å².